The molecule has 0 aliphatic heterocycles. The molecule has 0 aromatic heterocycles. The number of benzene rings is 1. The Morgan fingerprint density at radius 1 is 1.33 bits per heavy atom. The standard InChI is InChI=1S/C13H18Cl2N2O/c1-8(2)13(3,7-16)17-12(18)9-4-10(14)6-11(15)5-9/h4-6,8H,7,16H2,1-3H3,(H,17,18). The van der Waals surface area contributed by atoms with E-state index in [1.807, 2.05) is 20.8 Å². The van der Waals surface area contributed by atoms with Crippen molar-refractivity contribution in [1.29, 1.82) is 0 Å². The van der Waals surface area contributed by atoms with E-state index in [-0.39, 0.29) is 11.8 Å². The third kappa shape index (κ3) is 3.61. The fourth-order valence-corrected chi connectivity index (χ4v) is 1.97. The molecule has 5 heteroatoms. The van der Waals surface area contributed by atoms with E-state index in [0.29, 0.717) is 22.2 Å². The molecule has 100 valence electrons. The molecule has 1 rings (SSSR count). The van der Waals surface area contributed by atoms with Crippen LogP contribution in [0.5, 0.6) is 0 Å². The van der Waals surface area contributed by atoms with Crippen molar-refractivity contribution in [2.75, 3.05) is 6.54 Å². The van der Waals surface area contributed by atoms with Gasteiger partial charge in [-0.15, -0.1) is 0 Å². The molecule has 0 heterocycles. The first kappa shape index (κ1) is 15.3. The van der Waals surface area contributed by atoms with Gasteiger partial charge in [0.2, 0.25) is 0 Å². The van der Waals surface area contributed by atoms with Crippen LogP contribution in [0, 0.1) is 5.92 Å². The predicted molar refractivity (Wildman–Crippen MR) is 76.2 cm³/mol. The summed E-state index contributed by atoms with van der Waals surface area (Å²) >= 11 is 11.7. The fourth-order valence-electron chi connectivity index (χ4n) is 1.45. The van der Waals surface area contributed by atoms with Crippen molar-refractivity contribution in [3.8, 4) is 0 Å². The highest BCUT2D eigenvalue weighted by molar-refractivity contribution is 6.35. The topological polar surface area (TPSA) is 55.1 Å². The average Bonchev–Trinajstić information content (AvgIpc) is 2.27. The normalized spacial score (nSPS) is 14.4. The Labute approximate surface area is 118 Å². The molecule has 0 spiro atoms. The molecule has 0 aliphatic rings. The van der Waals surface area contributed by atoms with Crippen molar-refractivity contribution in [3.63, 3.8) is 0 Å². The summed E-state index contributed by atoms with van der Waals surface area (Å²) < 4.78 is 0. The van der Waals surface area contributed by atoms with E-state index in [9.17, 15) is 4.79 Å². The molecule has 1 amide bonds. The largest absolute Gasteiger partial charge is 0.345 e. The van der Waals surface area contributed by atoms with Gasteiger partial charge in [0.25, 0.3) is 5.91 Å². The van der Waals surface area contributed by atoms with E-state index in [1.165, 1.54) is 0 Å². The van der Waals surface area contributed by atoms with Gasteiger partial charge in [0.1, 0.15) is 0 Å². The Hall–Kier alpha value is -0.770. The van der Waals surface area contributed by atoms with Crippen LogP contribution in [-0.4, -0.2) is 18.0 Å². The quantitative estimate of drug-likeness (QED) is 0.895. The second kappa shape index (κ2) is 5.91. The van der Waals surface area contributed by atoms with Crippen LogP contribution in [0.2, 0.25) is 10.0 Å². The number of nitrogens with two attached hydrogens (primary N) is 1. The lowest BCUT2D eigenvalue weighted by atomic mass is 9.88. The second-order valence-corrected chi connectivity index (χ2v) is 5.76. The number of hydrogen-bond donors (Lipinski definition) is 2. The average molecular weight is 289 g/mol. The van der Waals surface area contributed by atoms with Crippen LogP contribution in [0.25, 0.3) is 0 Å². The Morgan fingerprint density at radius 2 is 1.83 bits per heavy atom. The number of carbonyl (C=O) groups excluding carboxylic acids is 1. The molecule has 0 aliphatic carbocycles. The molecule has 1 atom stereocenters. The molecule has 1 unspecified atom stereocenters. The van der Waals surface area contributed by atoms with Crippen LogP contribution in [0.15, 0.2) is 18.2 Å². The maximum atomic E-state index is 12.1. The SMILES string of the molecule is CC(C)C(C)(CN)NC(=O)c1cc(Cl)cc(Cl)c1. The van der Waals surface area contributed by atoms with Gasteiger partial charge in [-0.05, 0) is 31.0 Å². The van der Waals surface area contributed by atoms with E-state index in [1.54, 1.807) is 18.2 Å². The first-order valence-electron chi connectivity index (χ1n) is 5.77. The van der Waals surface area contributed by atoms with Crippen LogP contribution < -0.4 is 11.1 Å². The zero-order chi connectivity index (χ0) is 13.9. The maximum Gasteiger partial charge on any atom is 0.251 e. The van der Waals surface area contributed by atoms with Gasteiger partial charge in [0.05, 0.1) is 5.54 Å². The van der Waals surface area contributed by atoms with Gasteiger partial charge in [-0.2, -0.15) is 0 Å². The molecule has 3 N–H and O–H groups in total. The number of carbonyl (C=O) groups is 1. The molecule has 3 nitrogen and oxygen atoms in total. The number of rotatable bonds is 4. The van der Waals surface area contributed by atoms with Crippen molar-refractivity contribution in [1.82, 2.24) is 5.32 Å². The Bertz CT molecular complexity index is 428. The highest BCUT2D eigenvalue weighted by atomic mass is 35.5. The number of halogens is 2. The summed E-state index contributed by atoms with van der Waals surface area (Å²) in [5, 5.41) is 3.81. The highest BCUT2D eigenvalue weighted by Gasteiger charge is 2.29. The van der Waals surface area contributed by atoms with Crippen LogP contribution in [-0.2, 0) is 0 Å². The molecule has 0 saturated heterocycles. The first-order chi connectivity index (χ1) is 8.28. The first-order valence-corrected chi connectivity index (χ1v) is 6.53. The summed E-state index contributed by atoms with van der Waals surface area (Å²) in [6.07, 6.45) is 0. The van der Waals surface area contributed by atoms with Gasteiger partial charge in [-0.25, -0.2) is 0 Å². The Morgan fingerprint density at radius 3 is 2.22 bits per heavy atom. The van der Waals surface area contributed by atoms with Gasteiger partial charge in [-0.1, -0.05) is 37.0 Å². The van der Waals surface area contributed by atoms with Crippen molar-refractivity contribution in [3.05, 3.63) is 33.8 Å². The smallest absolute Gasteiger partial charge is 0.251 e. The molecule has 18 heavy (non-hydrogen) atoms. The van der Waals surface area contributed by atoms with Crippen LogP contribution in [0.1, 0.15) is 31.1 Å². The fraction of sp³-hybridized carbons (Fsp3) is 0.462. The monoisotopic (exact) mass is 288 g/mol. The van der Waals surface area contributed by atoms with Gasteiger partial charge < -0.3 is 11.1 Å². The lowest BCUT2D eigenvalue weighted by molar-refractivity contribution is 0.0883. The molecule has 0 radical (unpaired) electrons. The molecule has 1 aromatic rings. The predicted octanol–water partition coefficient (Wildman–Crippen LogP) is 3.10. The zero-order valence-electron chi connectivity index (χ0n) is 10.8. The molecule has 1 aromatic carbocycles. The molecular formula is C13H18Cl2N2O. The summed E-state index contributed by atoms with van der Waals surface area (Å²) in [5.41, 5.74) is 5.71. The van der Waals surface area contributed by atoms with Crippen LogP contribution in [0.4, 0.5) is 0 Å². The summed E-state index contributed by atoms with van der Waals surface area (Å²) in [7, 11) is 0. The van der Waals surface area contributed by atoms with Crippen molar-refractivity contribution in [2.24, 2.45) is 11.7 Å². The van der Waals surface area contributed by atoms with Crippen molar-refractivity contribution in [2.45, 2.75) is 26.3 Å². The minimum absolute atomic E-state index is 0.221. The van der Waals surface area contributed by atoms with Gasteiger partial charge >= 0.3 is 0 Å². The molecule has 0 fully saturated rings. The van der Waals surface area contributed by atoms with E-state index in [0.717, 1.165) is 0 Å². The molecule has 0 saturated carbocycles. The molecular weight excluding hydrogens is 271 g/mol. The third-order valence-corrected chi connectivity index (χ3v) is 3.66. The summed E-state index contributed by atoms with van der Waals surface area (Å²) in [4.78, 5) is 12.1. The zero-order valence-corrected chi connectivity index (χ0v) is 12.3. The third-order valence-electron chi connectivity index (χ3n) is 3.22. The Kier molecular flexibility index (Phi) is 5.02. The minimum Gasteiger partial charge on any atom is -0.345 e. The van der Waals surface area contributed by atoms with E-state index < -0.39 is 5.54 Å². The van der Waals surface area contributed by atoms with Crippen LogP contribution in [0.3, 0.4) is 0 Å². The maximum absolute atomic E-state index is 12.1. The second-order valence-electron chi connectivity index (χ2n) is 4.89. The summed E-state index contributed by atoms with van der Waals surface area (Å²) in [6.45, 7) is 6.31. The summed E-state index contributed by atoms with van der Waals surface area (Å²) in [5.74, 6) is 0.00200. The summed E-state index contributed by atoms with van der Waals surface area (Å²) in [6, 6.07) is 4.75. The number of nitrogens with one attached hydrogen (secondary N) is 1. The van der Waals surface area contributed by atoms with Crippen LogP contribution >= 0.6 is 23.2 Å². The number of amides is 1. The van der Waals surface area contributed by atoms with Crippen molar-refractivity contribution >= 4 is 29.1 Å². The van der Waals surface area contributed by atoms with Gasteiger partial charge in [0.15, 0.2) is 0 Å². The minimum atomic E-state index is -0.453. The lowest BCUT2D eigenvalue weighted by Crippen LogP contribution is -2.55. The van der Waals surface area contributed by atoms with Gasteiger partial charge in [0, 0.05) is 22.2 Å². The van der Waals surface area contributed by atoms with E-state index in [2.05, 4.69) is 5.32 Å². The molecule has 0 bridgehead atoms. The van der Waals surface area contributed by atoms with Gasteiger partial charge in [-0.3, -0.25) is 4.79 Å². The van der Waals surface area contributed by atoms with E-state index >= 15 is 0 Å². The lowest BCUT2D eigenvalue weighted by Gasteiger charge is -2.33. The number of hydrogen-bond acceptors (Lipinski definition) is 2. The Balaban J connectivity index is 2.94. The highest BCUT2D eigenvalue weighted by Crippen LogP contribution is 2.21. The van der Waals surface area contributed by atoms with Crippen molar-refractivity contribution < 1.29 is 4.79 Å². The van der Waals surface area contributed by atoms with E-state index in [4.69, 9.17) is 28.9 Å².